The average Bonchev–Trinajstić information content (AvgIpc) is 3.57. The van der Waals surface area contributed by atoms with Gasteiger partial charge in [-0.1, -0.05) is 12.1 Å². The van der Waals surface area contributed by atoms with Gasteiger partial charge < -0.3 is 4.90 Å². The number of benzene rings is 2. The summed E-state index contributed by atoms with van der Waals surface area (Å²) < 4.78 is 74.7. The second-order valence-electron chi connectivity index (χ2n) is 8.93. The van der Waals surface area contributed by atoms with Crippen LogP contribution in [-0.2, 0) is 26.3 Å². The van der Waals surface area contributed by atoms with Crippen molar-refractivity contribution >= 4 is 16.8 Å². The van der Waals surface area contributed by atoms with Crippen LogP contribution in [0.5, 0.6) is 0 Å². The van der Waals surface area contributed by atoms with E-state index in [1.165, 1.54) is 42.3 Å². The number of fused-ring (bicyclic) bond motifs is 2. The monoisotopic (exact) mass is 482 g/mol. The van der Waals surface area contributed by atoms with Crippen LogP contribution in [0.25, 0.3) is 22.0 Å². The lowest BCUT2D eigenvalue weighted by atomic mass is 9.93. The van der Waals surface area contributed by atoms with Crippen molar-refractivity contribution in [2.75, 3.05) is 0 Å². The van der Waals surface area contributed by atoms with E-state index in [4.69, 9.17) is 2.74 Å². The second kappa shape index (κ2) is 7.63. The van der Waals surface area contributed by atoms with Gasteiger partial charge in [0, 0.05) is 36.9 Å². The fourth-order valence-electron chi connectivity index (χ4n) is 4.70. The molecular weight excluding hydrogens is 460 g/mol. The molecule has 2 aromatic carbocycles. The Labute approximate surface area is 200 Å². The van der Waals surface area contributed by atoms with Crippen molar-refractivity contribution in [2.24, 2.45) is 7.05 Å². The van der Waals surface area contributed by atoms with E-state index in [9.17, 15) is 18.0 Å². The number of aromatic nitrogens is 3. The van der Waals surface area contributed by atoms with E-state index < -0.39 is 30.0 Å². The molecule has 0 radical (unpaired) electrons. The van der Waals surface area contributed by atoms with Crippen LogP contribution >= 0.6 is 0 Å². The van der Waals surface area contributed by atoms with Crippen LogP contribution in [0.15, 0.2) is 48.8 Å². The summed E-state index contributed by atoms with van der Waals surface area (Å²) in [7, 11) is 1.52. The Bertz CT molecular complexity index is 1590. The van der Waals surface area contributed by atoms with E-state index in [0.29, 0.717) is 16.7 Å². The minimum Gasteiger partial charge on any atom is -0.328 e. The van der Waals surface area contributed by atoms with Crippen molar-refractivity contribution < 1.29 is 25.1 Å². The number of nitrogens with zero attached hydrogens (tertiary/aromatic N) is 4. The Morgan fingerprint density at radius 1 is 1.17 bits per heavy atom. The molecule has 2 aromatic heterocycles. The third kappa shape index (κ3) is 3.66. The van der Waals surface area contributed by atoms with Gasteiger partial charge in [-0.05, 0) is 59.7 Å². The molecule has 1 saturated carbocycles. The molecule has 9 heteroatoms. The van der Waals surface area contributed by atoms with Crippen LogP contribution in [0, 0.1) is 5.82 Å². The van der Waals surface area contributed by atoms with Gasteiger partial charge in [-0.25, -0.2) is 4.39 Å². The highest BCUT2D eigenvalue weighted by atomic mass is 19.4. The minimum absolute atomic E-state index is 0.00581. The molecule has 4 aromatic rings. The Hall–Kier alpha value is -3.75. The number of carbonyl (C=O) groups is 1. The zero-order chi connectivity index (χ0) is 26.3. The Morgan fingerprint density at radius 3 is 2.69 bits per heavy atom. The Balaban J connectivity index is 1.45. The number of carbonyl (C=O) groups excluding carboxylic acids is 1. The van der Waals surface area contributed by atoms with Crippen molar-refractivity contribution in [1.82, 2.24) is 19.7 Å². The zero-order valence-electron chi connectivity index (χ0n) is 20.5. The highest BCUT2D eigenvalue weighted by Gasteiger charge is 2.35. The Morgan fingerprint density at radius 2 is 1.97 bits per heavy atom. The molecule has 0 N–H and O–H groups in total. The summed E-state index contributed by atoms with van der Waals surface area (Å²) in [6.45, 7) is -2.51. The van der Waals surface area contributed by atoms with E-state index in [1.54, 1.807) is 12.1 Å². The van der Waals surface area contributed by atoms with Gasteiger partial charge >= 0.3 is 6.18 Å². The predicted octanol–water partition coefficient (Wildman–Crippen LogP) is 5.83. The van der Waals surface area contributed by atoms with Gasteiger partial charge in [-0.3, -0.25) is 14.5 Å². The van der Waals surface area contributed by atoms with E-state index >= 15 is 4.39 Å². The van der Waals surface area contributed by atoms with Gasteiger partial charge in [-0.15, -0.1) is 0 Å². The molecule has 35 heavy (non-hydrogen) atoms. The third-order valence-electron chi connectivity index (χ3n) is 6.49. The van der Waals surface area contributed by atoms with Crippen molar-refractivity contribution in [3.63, 3.8) is 0 Å². The summed E-state index contributed by atoms with van der Waals surface area (Å²) in [6.07, 6.45) is -0.110. The average molecular weight is 482 g/mol. The number of amides is 1. The number of pyridine rings is 1. The first-order valence-corrected chi connectivity index (χ1v) is 11.1. The number of alkyl halides is 3. The van der Waals surface area contributed by atoms with Crippen LogP contribution < -0.4 is 0 Å². The van der Waals surface area contributed by atoms with Crippen LogP contribution in [-0.4, -0.2) is 25.6 Å². The topological polar surface area (TPSA) is 51.0 Å². The molecule has 0 spiro atoms. The lowest BCUT2D eigenvalue weighted by molar-refractivity contribution is -0.136. The first kappa shape index (κ1) is 19.5. The standard InChI is InChI=1S/C26H20F4N4O/c1-33-11-20-16(6-7-21(24(20)32-33)26(28,29)30)15-9-18(14-4-5-14)19(22(27)10-15)12-34-13-23-17(25(34)35)3-2-8-31-23/h2-3,6-11,14H,4-5,12-13H2,1H3/i13D2. The fourth-order valence-corrected chi connectivity index (χ4v) is 4.70. The summed E-state index contributed by atoms with van der Waals surface area (Å²) in [5.74, 6) is -1.20. The summed E-state index contributed by atoms with van der Waals surface area (Å²) in [4.78, 5) is 18.0. The van der Waals surface area contributed by atoms with E-state index in [1.807, 2.05) is 0 Å². The number of rotatable bonds is 4. The minimum atomic E-state index is -4.59. The van der Waals surface area contributed by atoms with Gasteiger partial charge in [0.15, 0.2) is 0 Å². The molecule has 178 valence electrons. The van der Waals surface area contributed by atoms with E-state index in [0.717, 1.165) is 23.8 Å². The molecule has 1 fully saturated rings. The number of hydrogen-bond donors (Lipinski definition) is 0. The molecule has 2 aliphatic rings. The van der Waals surface area contributed by atoms with Crippen molar-refractivity contribution in [3.05, 3.63) is 82.6 Å². The molecule has 5 nitrogen and oxygen atoms in total. The summed E-state index contributed by atoms with van der Waals surface area (Å²) in [6, 6.07) is 8.29. The van der Waals surface area contributed by atoms with E-state index in [2.05, 4.69) is 10.1 Å². The van der Waals surface area contributed by atoms with Crippen LogP contribution in [0.1, 0.15) is 54.2 Å². The maximum Gasteiger partial charge on any atom is 0.418 e. The maximum absolute atomic E-state index is 15.7. The zero-order valence-corrected chi connectivity index (χ0v) is 18.5. The molecule has 1 amide bonds. The second-order valence-corrected chi connectivity index (χ2v) is 8.93. The molecular formula is C26H20F4N4O. The van der Waals surface area contributed by atoms with Gasteiger partial charge in [0.1, 0.15) is 11.3 Å². The van der Waals surface area contributed by atoms with Gasteiger partial charge in [0.25, 0.3) is 5.91 Å². The highest BCUT2D eigenvalue weighted by molar-refractivity contribution is 5.98. The summed E-state index contributed by atoms with van der Waals surface area (Å²) in [5, 5.41) is 4.25. The Kier molecular flexibility index (Phi) is 4.26. The van der Waals surface area contributed by atoms with Crippen LogP contribution in [0.2, 0.25) is 0 Å². The van der Waals surface area contributed by atoms with E-state index in [-0.39, 0.29) is 40.2 Å². The lowest BCUT2D eigenvalue weighted by Crippen LogP contribution is -2.24. The normalized spacial score (nSPS) is 18.1. The number of halogens is 4. The van der Waals surface area contributed by atoms with Crippen molar-refractivity contribution in [3.8, 4) is 11.1 Å². The largest absolute Gasteiger partial charge is 0.418 e. The first-order chi connectivity index (χ1) is 17.5. The maximum atomic E-state index is 15.7. The molecule has 0 atom stereocenters. The van der Waals surface area contributed by atoms with Crippen LogP contribution in [0.4, 0.5) is 17.6 Å². The highest BCUT2D eigenvalue weighted by Crippen LogP contribution is 2.45. The van der Waals surface area contributed by atoms with Crippen LogP contribution in [0.3, 0.4) is 0 Å². The summed E-state index contributed by atoms with van der Waals surface area (Å²) >= 11 is 0. The molecule has 0 unspecified atom stereocenters. The van der Waals surface area contributed by atoms with Gasteiger partial charge in [0.05, 0.1) is 26.1 Å². The lowest BCUT2D eigenvalue weighted by Gasteiger charge is -2.20. The van der Waals surface area contributed by atoms with Crippen molar-refractivity contribution in [2.45, 2.75) is 38.0 Å². The first-order valence-electron chi connectivity index (χ1n) is 12.1. The molecule has 0 saturated heterocycles. The molecule has 1 aliphatic carbocycles. The van der Waals surface area contributed by atoms with Crippen molar-refractivity contribution in [1.29, 1.82) is 0 Å². The molecule has 1 aliphatic heterocycles. The molecule has 6 rings (SSSR count). The van der Waals surface area contributed by atoms with Gasteiger partial charge in [-0.2, -0.15) is 18.3 Å². The van der Waals surface area contributed by atoms with Gasteiger partial charge in [0.2, 0.25) is 0 Å². The quantitative estimate of drug-likeness (QED) is 0.344. The third-order valence-corrected chi connectivity index (χ3v) is 6.49. The molecule has 3 heterocycles. The summed E-state index contributed by atoms with van der Waals surface area (Å²) in [5.41, 5.74) is 0.684. The predicted molar refractivity (Wildman–Crippen MR) is 121 cm³/mol. The fraction of sp³-hybridized carbons (Fsp3) is 0.269. The SMILES string of the molecule is [2H]C1([2H])c2ncccc2C(=O)N1Cc1c(F)cc(-c2ccc(C(F)(F)F)c3nn(C)cc23)cc1C1CC1. The number of hydrogen-bond acceptors (Lipinski definition) is 3. The number of aryl methyl sites for hydroxylation is 1. The molecule has 0 bridgehead atoms. The smallest absolute Gasteiger partial charge is 0.328 e.